The molecule has 0 aliphatic heterocycles. The maximum Gasteiger partial charge on any atom is 0.137 e. The van der Waals surface area contributed by atoms with Crippen LogP contribution in [0.2, 0.25) is 0 Å². The van der Waals surface area contributed by atoms with Crippen molar-refractivity contribution in [3.05, 3.63) is 29.8 Å². The lowest BCUT2D eigenvalue weighted by Crippen LogP contribution is -2.38. The molecular weight excluding hydrogens is 264 g/mol. The molecule has 1 N–H and O–H groups in total. The van der Waals surface area contributed by atoms with E-state index in [0.29, 0.717) is 36.5 Å². The molecule has 1 saturated carbocycles. The van der Waals surface area contributed by atoms with Gasteiger partial charge in [0, 0.05) is 19.2 Å². The number of hydrogen-bond donors (Lipinski definition) is 1. The maximum absolute atomic E-state index is 9.17. The lowest BCUT2D eigenvalue weighted by molar-refractivity contribution is 0.116. The molecule has 1 aliphatic rings. The van der Waals surface area contributed by atoms with Gasteiger partial charge in [-0.25, -0.2) is 0 Å². The fourth-order valence-electron chi connectivity index (χ4n) is 2.94. The van der Waals surface area contributed by atoms with Gasteiger partial charge in [0.05, 0.1) is 5.56 Å². The second-order valence-electron chi connectivity index (χ2n) is 5.79. The van der Waals surface area contributed by atoms with Crippen LogP contribution in [0.3, 0.4) is 0 Å². The van der Waals surface area contributed by atoms with E-state index in [1.54, 1.807) is 6.07 Å². The zero-order valence-electron chi connectivity index (χ0n) is 12.7. The summed E-state index contributed by atoms with van der Waals surface area (Å²) in [6.07, 6.45) is 4.53. The molecule has 1 fully saturated rings. The SMILES string of the molecule is CN(CCOc1ccccc1C#N)C1CCC(CO)CC1. The van der Waals surface area contributed by atoms with Gasteiger partial charge >= 0.3 is 0 Å². The Kier molecular flexibility index (Phi) is 6.04. The summed E-state index contributed by atoms with van der Waals surface area (Å²) < 4.78 is 5.73. The average Bonchev–Trinajstić information content (AvgIpc) is 2.55. The van der Waals surface area contributed by atoms with Gasteiger partial charge in [-0.1, -0.05) is 12.1 Å². The van der Waals surface area contributed by atoms with Gasteiger partial charge < -0.3 is 14.7 Å². The van der Waals surface area contributed by atoms with E-state index in [1.165, 1.54) is 0 Å². The first kappa shape index (κ1) is 15.8. The number of ether oxygens (including phenoxy) is 1. The summed E-state index contributed by atoms with van der Waals surface area (Å²) in [5, 5.41) is 18.2. The van der Waals surface area contributed by atoms with E-state index in [0.717, 1.165) is 32.2 Å². The summed E-state index contributed by atoms with van der Waals surface area (Å²) >= 11 is 0. The van der Waals surface area contributed by atoms with Crippen LogP contribution in [0.4, 0.5) is 0 Å². The van der Waals surface area contributed by atoms with Crippen LogP contribution in [0.25, 0.3) is 0 Å². The minimum atomic E-state index is 0.324. The number of para-hydroxylation sites is 1. The first-order valence-corrected chi connectivity index (χ1v) is 7.67. The van der Waals surface area contributed by atoms with Crippen molar-refractivity contribution in [2.45, 2.75) is 31.7 Å². The highest BCUT2D eigenvalue weighted by Crippen LogP contribution is 2.26. The van der Waals surface area contributed by atoms with E-state index in [1.807, 2.05) is 18.2 Å². The molecule has 1 aliphatic carbocycles. The minimum Gasteiger partial charge on any atom is -0.491 e. The molecule has 4 nitrogen and oxygen atoms in total. The molecule has 0 unspecified atom stereocenters. The minimum absolute atomic E-state index is 0.324. The number of benzene rings is 1. The Morgan fingerprint density at radius 2 is 2.00 bits per heavy atom. The quantitative estimate of drug-likeness (QED) is 0.873. The van der Waals surface area contributed by atoms with E-state index < -0.39 is 0 Å². The molecule has 0 radical (unpaired) electrons. The lowest BCUT2D eigenvalue weighted by Gasteiger charge is -2.34. The summed E-state index contributed by atoms with van der Waals surface area (Å²) in [6.45, 7) is 1.77. The van der Waals surface area contributed by atoms with Crippen molar-refractivity contribution < 1.29 is 9.84 Å². The van der Waals surface area contributed by atoms with Gasteiger partial charge in [0.25, 0.3) is 0 Å². The molecule has 0 aromatic heterocycles. The van der Waals surface area contributed by atoms with E-state index in [9.17, 15) is 5.11 Å². The van der Waals surface area contributed by atoms with Gasteiger partial charge in [-0.05, 0) is 50.8 Å². The average molecular weight is 288 g/mol. The molecule has 0 amide bonds. The van der Waals surface area contributed by atoms with Crippen molar-refractivity contribution in [1.29, 1.82) is 5.26 Å². The Bertz CT molecular complexity index is 476. The van der Waals surface area contributed by atoms with Crippen molar-refractivity contribution in [1.82, 2.24) is 4.90 Å². The fourth-order valence-corrected chi connectivity index (χ4v) is 2.94. The first-order valence-electron chi connectivity index (χ1n) is 7.67. The topological polar surface area (TPSA) is 56.5 Å². The normalized spacial score (nSPS) is 22.0. The van der Waals surface area contributed by atoms with Gasteiger partial charge in [0.1, 0.15) is 18.4 Å². The van der Waals surface area contributed by atoms with Crippen LogP contribution in [0.15, 0.2) is 24.3 Å². The second-order valence-corrected chi connectivity index (χ2v) is 5.79. The van der Waals surface area contributed by atoms with Crippen molar-refractivity contribution in [2.24, 2.45) is 5.92 Å². The summed E-state index contributed by atoms with van der Waals surface area (Å²) in [7, 11) is 2.13. The molecule has 0 bridgehead atoms. The Hall–Kier alpha value is -1.57. The van der Waals surface area contributed by atoms with E-state index in [4.69, 9.17) is 10.00 Å². The highest BCUT2D eigenvalue weighted by atomic mass is 16.5. The zero-order chi connectivity index (χ0) is 15.1. The fraction of sp³-hybridized carbons (Fsp3) is 0.588. The maximum atomic E-state index is 9.17. The van der Waals surface area contributed by atoms with Crippen molar-refractivity contribution in [3.8, 4) is 11.8 Å². The number of aliphatic hydroxyl groups is 1. The Balaban J connectivity index is 1.75. The van der Waals surface area contributed by atoms with Crippen molar-refractivity contribution >= 4 is 0 Å². The Morgan fingerprint density at radius 3 is 2.67 bits per heavy atom. The number of nitrogens with zero attached hydrogens (tertiary/aromatic N) is 2. The molecule has 1 aromatic carbocycles. The summed E-state index contributed by atoms with van der Waals surface area (Å²) in [5.74, 6) is 1.16. The van der Waals surface area contributed by atoms with Gasteiger partial charge in [0.15, 0.2) is 0 Å². The van der Waals surface area contributed by atoms with Gasteiger partial charge in [0.2, 0.25) is 0 Å². The molecule has 0 heterocycles. The summed E-state index contributed by atoms with van der Waals surface area (Å²) in [5.41, 5.74) is 0.587. The Morgan fingerprint density at radius 1 is 1.29 bits per heavy atom. The highest BCUT2D eigenvalue weighted by Gasteiger charge is 2.23. The van der Waals surface area contributed by atoms with Gasteiger partial charge in [-0.3, -0.25) is 0 Å². The van der Waals surface area contributed by atoms with Crippen molar-refractivity contribution in [3.63, 3.8) is 0 Å². The predicted molar refractivity (Wildman–Crippen MR) is 82.1 cm³/mol. The zero-order valence-corrected chi connectivity index (χ0v) is 12.7. The van der Waals surface area contributed by atoms with Crippen LogP contribution in [-0.2, 0) is 0 Å². The monoisotopic (exact) mass is 288 g/mol. The second kappa shape index (κ2) is 8.02. The molecule has 4 heteroatoms. The van der Waals surface area contributed by atoms with E-state index in [-0.39, 0.29) is 0 Å². The molecule has 2 rings (SSSR count). The van der Waals surface area contributed by atoms with Gasteiger partial charge in [-0.2, -0.15) is 5.26 Å². The number of aliphatic hydroxyl groups excluding tert-OH is 1. The molecule has 0 spiro atoms. The number of rotatable bonds is 6. The molecular formula is C17H24N2O2. The number of hydrogen-bond acceptors (Lipinski definition) is 4. The number of likely N-dealkylation sites (N-methyl/N-ethyl adjacent to an activating group) is 1. The molecule has 114 valence electrons. The van der Waals surface area contributed by atoms with Crippen LogP contribution in [0.5, 0.6) is 5.75 Å². The number of nitriles is 1. The third-order valence-corrected chi connectivity index (χ3v) is 4.41. The smallest absolute Gasteiger partial charge is 0.137 e. The molecule has 0 saturated heterocycles. The molecule has 21 heavy (non-hydrogen) atoms. The standard InChI is InChI=1S/C17H24N2O2/c1-19(16-8-6-14(13-20)7-9-16)10-11-21-17-5-3-2-4-15(17)12-18/h2-5,14,16,20H,6-11,13H2,1H3. The van der Waals surface area contributed by atoms with E-state index >= 15 is 0 Å². The summed E-state index contributed by atoms with van der Waals surface area (Å²) in [4.78, 5) is 2.34. The van der Waals surface area contributed by atoms with Crippen LogP contribution >= 0.6 is 0 Å². The lowest BCUT2D eigenvalue weighted by atomic mass is 9.86. The third kappa shape index (κ3) is 4.45. The summed E-state index contributed by atoms with van der Waals surface area (Å²) in [6, 6.07) is 10.1. The first-order chi connectivity index (χ1) is 10.2. The van der Waals surface area contributed by atoms with Gasteiger partial charge in [-0.15, -0.1) is 0 Å². The van der Waals surface area contributed by atoms with E-state index in [2.05, 4.69) is 18.0 Å². The third-order valence-electron chi connectivity index (χ3n) is 4.41. The predicted octanol–water partition coefficient (Wildman–Crippen LogP) is 2.42. The van der Waals surface area contributed by atoms with Crippen molar-refractivity contribution in [2.75, 3.05) is 26.8 Å². The largest absolute Gasteiger partial charge is 0.491 e. The van der Waals surface area contributed by atoms with Crippen LogP contribution in [0, 0.1) is 17.2 Å². The molecule has 0 atom stereocenters. The highest BCUT2D eigenvalue weighted by molar-refractivity contribution is 5.42. The van der Waals surface area contributed by atoms with Crippen LogP contribution in [0.1, 0.15) is 31.2 Å². The molecule has 1 aromatic rings. The Labute approximate surface area is 127 Å². The van der Waals surface area contributed by atoms with Crippen LogP contribution in [-0.4, -0.2) is 42.9 Å². The van der Waals surface area contributed by atoms with Crippen LogP contribution < -0.4 is 4.74 Å².